The van der Waals surface area contributed by atoms with E-state index < -0.39 is 10.0 Å². The maximum atomic E-state index is 12.3. The van der Waals surface area contributed by atoms with Gasteiger partial charge in [-0.1, -0.05) is 12.1 Å². The van der Waals surface area contributed by atoms with Crippen molar-refractivity contribution in [3.05, 3.63) is 30.2 Å². The molecule has 3 saturated heterocycles. The number of sulfonamides is 1. The zero-order valence-electron chi connectivity index (χ0n) is 14.2. The van der Waals surface area contributed by atoms with Gasteiger partial charge in [-0.05, 0) is 49.7 Å². The van der Waals surface area contributed by atoms with Gasteiger partial charge in [0.05, 0.1) is 0 Å². The monoisotopic (exact) mass is 369 g/mol. The highest BCUT2D eigenvalue weighted by atomic mass is 32.2. The van der Waals surface area contributed by atoms with Crippen LogP contribution in [0.4, 0.5) is 0 Å². The summed E-state index contributed by atoms with van der Waals surface area (Å²) >= 11 is 1.27. The minimum atomic E-state index is -3.35. The third-order valence-electron chi connectivity index (χ3n) is 5.27. The van der Waals surface area contributed by atoms with Gasteiger partial charge < -0.3 is 4.90 Å². The molecule has 7 heteroatoms. The van der Waals surface area contributed by atoms with Crippen LogP contribution in [0.15, 0.2) is 34.4 Å². The fraction of sp³-hybridized carbons (Fsp3) is 0.647. The highest BCUT2D eigenvalue weighted by Crippen LogP contribution is 2.36. The van der Waals surface area contributed by atoms with Gasteiger partial charge in [-0.2, -0.15) is 0 Å². The van der Waals surface area contributed by atoms with Gasteiger partial charge in [0.25, 0.3) is 0 Å². The molecule has 3 aliphatic heterocycles. The third kappa shape index (κ3) is 4.08. The van der Waals surface area contributed by atoms with Crippen LogP contribution in [0.2, 0.25) is 0 Å². The molecule has 0 spiro atoms. The van der Waals surface area contributed by atoms with E-state index in [1.54, 1.807) is 17.5 Å². The molecule has 5 nitrogen and oxygen atoms in total. The number of likely N-dealkylation sites (N-methyl/N-ethyl adjacent to an activating group) is 1. The molecule has 24 heavy (non-hydrogen) atoms. The van der Waals surface area contributed by atoms with Crippen molar-refractivity contribution in [1.29, 1.82) is 0 Å². The SMILES string of the molecule is C=CCN(C)C[C@H]1CN2CC[C@H]1C[C@@H]2CNS(=O)(=O)c1cccs1. The number of hydrogen-bond acceptors (Lipinski definition) is 5. The Bertz CT molecular complexity index is 645. The molecule has 1 unspecified atom stereocenters. The lowest BCUT2D eigenvalue weighted by Gasteiger charge is -2.50. The quantitative estimate of drug-likeness (QED) is 0.711. The number of hydrogen-bond donors (Lipinski definition) is 1. The van der Waals surface area contributed by atoms with Crippen LogP contribution in [0, 0.1) is 11.8 Å². The van der Waals surface area contributed by atoms with Gasteiger partial charge in [-0.25, -0.2) is 13.1 Å². The van der Waals surface area contributed by atoms with E-state index in [9.17, 15) is 8.42 Å². The first-order chi connectivity index (χ1) is 11.5. The zero-order chi connectivity index (χ0) is 17.2. The van der Waals surface area contributed by atoms with E-state index in [-0.39, 0.29) is 0 Å². The Morgan fingerprint density at radius 1 is 1.54 bits per heavy atom. The fourth-order valence-electron chi connectivity index (χ4n) is 4.06. The molecule has 3 fully saturated rings. The van der Waals surface area contributed by atoms with Gasteiger partial charge in [0.1, 0.15) is 4.21 Å². The van der Waals surface area contributed by atoms with Gasteiger partial charge in [0.2, 0.25) is 10.0 Å². The van der Waals surface area contributed by atoms with Crippen LogP contribution in [0.25, 0.3) is 0 Å². The van der Waals surface area contributed by atoms with E-state index in [0.29, 0.717) is 28.6 Å². The number of nitrogens with zero attached hydrogens (tertiary/aromatic N) is 2. The average molecular weight is 370 g/mol. The molecule has 1 aromatic rings. The summed E-state index contributed by atoms with van der Waals surface area (Å²) in [7, 11) is -1.21. The number of fused-ring (bicyclic) bond motifs is 3. The molecule has 4 heterocycles. The molecule has 2 bridgehead atoms. The molecular weight excluding hydrogens is 342 g/mol. The van der Waals surface area contributed by atoms with Crippen LogP contribution in [0.5, 0.6) is 0 Å². The van der Waals surface area contributed by atoms with E-state index in [1.807, 2.05) is 6.08 Å². The lowest BCUT2D eigenvalue weighted by molar-refractivity contribution is -0.00640. The van der Waals surface area contributed by atoms with E-state index in [0.717, 1.165) is 32.6 Å². The maximum Gasteiger partial charge on any atom is 0.250 e. The van der Waals surface area contributed by atoms with Crippen LogP contribution in [0.3, 0.4) is 0 Å². The summed E-state index contributed by atoms with van der Waals surface area (Å²) in [6.07, 6.45) is 4.28. The highest BCUT2D eigenvalue weighted by molar-refractivity contribution is 7.91. The summed E-state index contributed by atoms with van der Waals surface area (Å²) in [5.74, 6) is 1.40. The van der Waals surface area contributed by atoms with Crippen molar-refractivity contribution in [3.8, 4) is 0 Å². The predicted molar refractivity (Wildman–Crippen MR) is 98.8 cm³/mol. The van der Waals surface area contributed by atoms with Crippen LogP contribution < -0.4 is 4.72 Å². The molecular formula is C17H27N3O2S2. The van der Waals surface area contributed by atoms with Crippen molar-refractivity contribution in [3.63, 3.8) is 0 Å². The highest BCUT2D eigenvalue weighted by Gasteiger charge is 2.40. The predicted octanol–water partition coefficient (Wildman–Crippen LogP) is 1.85. The van der Waals surface area contributed by atoms with Gasteiger partial charge in [-0.15, -0.1) is 17.9 Å². The Labute approximate surface area is 149 Å². The molecule has 3 aliphatic rings. The molecule has 4 rings (SSSR count). The molecule has 0 aromatic carbocycles. The summed E-state index contributed by atoms with van der Waals surface area (Å²) in [6, 6.07) is 3.76. The first-order valence-corrected chi connectivity index (χ1v) is 10.9. The normalized spacial score (nSPS) is 29.9. The smallest absolute Gasteiger partial charge is 0.250 e. The van der Waals surface area contributed by atoms with Crippen molar-refractivity contribution in [2.24, 2.45) is 11.8 Å². The Hall–Kier alpha value is -0.730. The Morgan fingerprint density at radius 2 is 2.38 bits per heavy atom. The summed E-state index contributed by atoms with van der Waals surface area (Å²) in [5.41, 5.74) is 0. The minimum absolute atomic E-state index is 0.333. The number of nitrogens with one attached hydrogen (secondary N) is 1. The first-order valence-electron chi connectivity index (χ1n) is 8.56. The topological polar surface area (TPSA) is 52.6 Å². The Kier molecular flexibility index (Phi) is 5.77. The number of rotatable bonds is 8. The molecule has 4 atom stereocenters. The number of thiophene rings is 1. The zero-order valence-corrected chi connectivity index (χ0v) is 15.9. The molecule has 1 aromatic heterocycles. The van der Waals surface area contributed by atoms with Crippen molar-refractivity contribution in [1.82, 2.24) is 14.5 Å². The minimum Gasteiger partial charge on any atom is -0.302 e. The van der Waals surface area contributed by atoms with Crippen molar-refractivity contribution in [2.45, 2.75) is 23.1 Å². The average Bonchev–Trinajstić information content (AvgIpc) is 3.09. The van der Waals surface area contributed by atoms with Crippen LogP contribution >= 0.6 is 11.3 Å². The lowest BCUT2D eigenvalue weighted by Crippen LogP contribution is -2.58. The fourth-order valence-corrected chi connectivity index (χ4v) is 6.17. The van der Waals surface area contributed by atoms with Crippen molar-refractivity contribution < 1.29 is 8.42 Å². The first kappa shape index (κ1) is 18.1. The second-order valence-electron chi connectivity index (χ2n) is 6.99. The largest absolute Gasteiger partial charge is 0.302 e. The van der Waals surface area contributed by atoms with Gasteiger partial charge in [0.15, 0.2) is 0 Å². The van der Waals surface area contributed by atoms with Gasteiger partial charge in [0, 0.05) is 32.2 Å². The molecule has 0 amide bonds. The van der Waals surface area contributed by atoms with Crippen molar-refractivity contribution >= 4 is 21.4 Å². The lowest BCUT2D eigenvalue weighted by atomic mass is 9.75. The van der Waals surface area contributed by atoms with E-state index in [4.69, 9.17) is 0 Å². The summed E-state index contributed by atoms with van der Waals surface area (Å²) in [6.45, 7) is 8.52. The molecule has 134 valence electrons. The summed E-state index contributed by atoms with van der Waals surface area (Å²) < 4.78 is 27.8. The van der Waals surface area contributed by atoms with Gasteiger partial charge in [-0.3, -0.25) is 4.90 Å². The standard InChI is InChI=1S/C17H27N3O2S2/c1-3-7-19(2)12-15-13-20-8-6-14(15)10-16(20)11-18-24(21,22)17-5-4-9-23-17/h3-5,9,14-16,18H,1,6-8,10-13H2,2H3/t14-,15-,16+/m0/s1. The van der Waals surface area contributed by atoms with E-state index in [2.05, 4.69) is 28.1 Å². The third-order valence-corrected chi connectivity index (χ3v) is 8.09. The maximum absolute atomic E-state index is 12.3. The molecule has 0 radical (unpaired) electrons. The van der Waals surface area contributed by atoms with Crippen molar-refractivity contribution in [2.75, 3.05) is 39.8 Å². The molecule has 0 aliphatic carbocycles. The second-order valence-corrected chi connectivity index (χ2v) is 9.93. The van der Waals surface area contributed by atoms with E-state index in [1.165, 1.54) is 17.8 Å². The second kappa shape index (κ2) is 7.66. The van der Waals surface area contributed by atoms with Gasteiger partial charge >= 0.3 is 0 Å². The number of piperidine rings is 3. The Morgan fingerprint density at radius 3 is 3.00 bits per heavy atom. The molecule has 0 saturated carbocycles. The summed E-state index contributed by atoms with van der Waals surface area (Å²) in [5, 5.41) is 1.80. The van der Waals surface area contributed by atoms with Crippen LogP contribution in [-0.2, 0) is 10.0 Å². The van der Waals surface area contributed by atoms with Crippen LogP contribution in [-0.4, -0.2) is 64.0 Å². The van der Waals surface area contributed by atoms with E-state index >= 15 is 0 Å². The summed E-state index contributed by atoms with van der Waals surface area (Å²) in [4.78, 5) is 4.80. The Balaban J connectivity index is 1.54. The van der Waals surface area contributed by atoms with Crippen LogP contribution in [0.1, 0.15) is 12.8 Å². The molecule has 1 N–H and O–H groups in total.